The van der Waals surface area contributed by atoms with Gasteiger partial charge in [-0.25, -0.2) is 0 Å². The van der Waals surface area contributed by atoms with Crippen molar-refractivity contribution >= 4 is 46.4 Å². The molecule has 0 amide bonds. The summed E-state index contributed by atoms with van der Waals surface area (Å²) in [5.74, 6) is 0. The van der Waals surface area contributed by atoms with Crippen LogP contribution in [0.4, 0.5) is 0 Å². The maximum absolute atomic E-state index is 12.6. The molecule has 1 heterocycles. The second-order valence-electron chi connectivity index (χ2n) is 5.07. The highest BCUT2D eigenvalue weighted by Gasteiger charge is 2.16. The van der Waals surface area contributed by atoms with Crippen LogP contribution in [-0.2, 0) is 13.6 Å². The molecule has 3 nitrogen and oxygen atoms in total. The minimum Gasteiger partial charge on any atom is -0.325 e. The van der Waals surface area contributed by atoms with Gasteiger partial charge in [0, 0.05) is 30.2 Å². The molecule has 0 unspecified atom stereocenters. The van der Waals surface area contributed by atoms with Crippen LogP contribution in [0.2, 0.25) is 10.0 Å². The van der Waals surface area contributed by atoms with Crippen LogP contribution in [0.25, 0.3) is 21.9 Å². The Labute approximate surface area is 150 Å². The molecule has 3 aromatic rings. The molecule has 2 aromatic carbocycles. The zero-order valence-corrected chi connectivity index (χ0v) is 14.7. The Kier molecular flexibility index (Phi) is 5.37. The molecule has 0 radical (unpaired) electrons. The van der Waals surface area contributed by atoms with Crippen molar-refractivity contribution in [2.75, 3.05) is 0 Å². The molecular weight excluding hydrogens is 355 g/mol. The smallest absolute Gasteiger partial charge is 0.258 e. The van der Waals surface area contributed by atoms with Crippen LogP contribution in [0, 0.1) is 0 Å². The molecule has 0 spiro atoms. The minimum absolute atomic E-state index is 0. The van der Waals surface area contributed by atoms with E-state index < -0.39 is 0 Å². The van der Waals surface area contributed by atoms with Gasteiger partial charge in [-0.2, -0.15) is 0 Å². The van der Waals surface area contributed by atoms with E-state index >= 15 is 0 Å². The molecule has 120 valence electrons. The van der Waals surface area contributed by atoms with E-state index in [1.807, 2.05) is 30.3 Å². The van der Waals surface area contributed by atoms with Crippen molar-refractivity contribution in [3.63, 3.8) is 0 Å². The summed E-state index contributed by atoms with van der Waals surface area (Å²) in [5.41, 5.74) is 8.44. The molecule has 0 aliphatic heterocycles. The van der Waals surface area contributed by atoms with Crippen LogP contribution >= 0.6 is 35.6 Å². The maximum Gasteiger partial charge on any atom is 0.258 e. The molecule has 1 aromatic heterocycles. The van der Waals surface area contributed by atoms with Crippen LogP contribution < -0.4 is 11.3 Å². The first-order valence-electron chi connectivity index (χ1n) is 6.80. The van der Waals surface area contributed by atoms with Crippen molar-refractivity contribution in [1.82, 2.24) is 4.57 Å². The van der Waals surface area contributed by atoms with Gasteiger partial charge in [0.1, 0.15) is 0 Å². The van der Waals surface area contributed by atoms with E-state index in [-0.39, 0.29) is 24.5 Å². The summed E-state index contributed by atoms with van der Waals surface area (Å²) in [5, 5.41) is 2.09. The van der Waals surface area contributed by atoms with Gasteiger partial charge in [0.15, 0.2) is 0 Å². The average molecular weight is 370 g/mol. The zero-order valence-electron chi connectivity index (χ0n) is 12.3. The first-order chi connectivity index (χ1) is 10.5. The summed E-state index contributed by atoms with van der Waals surface area (Å²) in [6.45, 7) is 0.256. The quantitative estimate of drug-likeness (QED) is 0.728. The number of nitrogens with zero attached hydrogens (tertiary/aromatic N) is 1. The Morgan fingerprint density at radius 2 is 1.61 bits per heavy atom. The normalized spacial score (nSPS) is 10.6. The van der Waals surface area contributed by atoms with Crippen LogP contribution in [-0.4, -0.2) is 4.57 Å². The summed E-state index contributed by atoms with van der Waals surface area (Å²) >= 11 is 12.2. The number of nitrogens with two attached hydrogens (primary N) is 1. The first-order valence-corrected chi connectivity index (χ1v) is 7.56. The zero-order chi connectivity index (χ0) is 15.9. The number of benzene rings is 2. The van der Waals surface area contributed by atoms with Gasteiger partial charge in [-0.3, -0.25) is 4.79 Å². The van der Waals surface area contributed by atoms with Crippen LogP contribution in [0.1, 0.15) is 5.69 Å². The van der Waals surface area contributed by atoms with Crippen molar-refractivity contribution < 1.29 is 0 Å². The summed E-state index contributed by atoms with van der Waals surface area (Å²) in [6.07, 6.45) is 0. The molecule has 23 heavy (non-hydrogen) atoms. The van der Waals surface area contributed by atoms with E-state index in [1.165, 1.54) is 0 Å². The Balaban J connectivity index is 0.00000192. The Bertz CT molecular complexity index is 921. The van der Waals surface area contributed by atoms with Gasteiger partial charge in [0.2, 0.25) is 0 Å². The fourth-order valence-electron chi connectivity index (χ4n) is 2.72. The highest BCUT2D eigenvalue weighted by atomic mass is 35.5. The third-order valence-corrected chi connectivity index (χ3v) is 4.54. The number of rotatable bonds is 2. The molecule has 0 bridgehead atoms. The lowest BCUT2D eigenvalue weighted by Crippen LogP contribution is -2.23. The van der Waals surface area contributed by atoms with Crippen LogP contribution in [0.3, 0.4) is 0 Å². The third-order valence-electron chi connectivity index (χ3n) is 3.81. The standard InChI is InChI=1S/C17H14Cl2N2O.ClH/c1-21-15(9-20)16(10-5-3-2-4-6-10)11-7-13(18)14(19)8-12(11)17(21)22;/h2-8H,9,20H2,1H3;1H. The first kappa shape index (κ1) is 17.8. The predicted octanol–water partition coefficient (Wildman–Crippen LogP) is 4.39. The summed E-state index contributed by atoms with van der Waals surface area (Å²) in [7, 11) is 1.72. The summed E-state index contributed by atoms with van der Waals surface area (Å²) in [4.78, 5) is 12.6. The SMILES string of the molecule is Cl.Cn1c(CN)c(-c2ccccc2)c2cc(Cl)c(Cl)cc2c1=O. The van der Waals surface area contributed by atoms with Crippen molar-refractivity contribution in [1.29, 1.82) is 0 Å². The monoisotopic (exact) mass is 368 g/mol. The lowest BCUT2D eigenvalue weighted by Gasteiger charge is -2.17. The molecule has 6 heteroatoms. The highest BCUT2D eigenvalue weighted by Crippen LogP contribution is 2.34. The minimum atomic E-state index is -0.131. The molecule has 0 atom stereocenters. The molecule has 0 saturated heterocycles. The van der Waals surface area contributed by atoms with Gasteiger partial charge in [0.25, 0.3) is 5.56 Å². The second-order valence-corrected chi connectivity index (χ2v) is 5.88. The van der Waals surface area contributed by atoms with Gasteiger partial charge >= 0.3 is 0 Å². The van der Waals surface area contributed by atoms with E-state index in [0.717, 1.165) is 22.2 Å². The number of pyridine rings is 1. The number of aromatic nitrogens is 1. The van der Waals surface area contributed by atoms with E-state index in [2.05, 4.69) is 0 Å². The molecule has 0 aliphatic rings. The van der Waals surface area contributed by atoms with Crippen molar-refractivity contribution in [3.05, 3.63) is 68.6 Å². The van der Waals surface area contributed by atoms with Gasteiger partial charge < -0.3 is 10.3 Å². The van der Waals surface area contributed by atoms with E-state index in [4.69, 9.17) is 28.9 Å². The highest BCUT2D eigenvalue weighted by molar-refractivity contribution is 6.43. The van der Waals surface area contributed by atoms with Gasteiger partial charge in [-0.1, -0.05) is 53.5 Å². The van der Waals surface area contributed by atoms with Gasteiger partial charge in [0.05, 0.1) is 10.0 Å². The van der Waals surface area contributed by atoms with E-state index in [9.17, 15) is 4.79 Å². The second kappa shape index (κ2) is 6.93. The maximum atomic E-state index is 12.6. The van der Waals surface area contributed by atoms with Crippen molar-refractivity contribution in [3.8, 4) is 11.1 Å². The lowest BCUT2D eigenvalue weighted by molar-refractivity contribution is 0.785. The fraction of sp³-hybridized carbons (Fsp3) is 0.118. The molecule has 2 N–H and O–H groups in total. The van der Waals surface area contributed by atoms with Crippen LogP contribution in [0.15, 0.2) is 47.3 Å². The van der Waals surface area contributed by atoms with E-state index in [1.54, 1.807) is 23.7 Å². The molecule has 0 fully saturated rings. The average Bonchev–Trinajstić information content (AvgIpc) is 2.53. The molecule has 0 aliphatic carbocycles. The number of hydrogen-bond acceptors (Lipinski definition) is 2. The topological polar surface area (TPSA) is 48.0 Å². The van der Waals surface area contributed by atoms with Crippen LogP contribution in [0.5, 0.6) is 0 Å². The van der Waals surface area contributed by atoms with Crippen molar-refractivity contribution in [2.24, 2.45) is 12.8 Å². The molecule has 3 rings (SSSR count). The Hall–Kier alpha value is -1.52. The number of fused-ring (bicyclic) bond motifs is 1. The Morgan fingerprint density at radius 3 is 2.17 bits per heavy atom. The fourth-order valence-corrected chi connectivity index (χ4v) is 3.05. The number of halogens is 3. The lowest BCUT2D eigenvalue weighted by atomic mass is 9.97. The Morgan fingerprint density at radius 1 is 1.04 bits per heavy atom. The van der Waals surface area contributed by atoms with E-state index in [0.29, 0.717) is 15.4 Å². The summed E-state index contributed by atoms with van der Waals surface area (Å²) in [6, 6.07) is 13.2. The van der Waals surface area contributed by atoms with Crippen molar-refractivity contribution in [2.45, 2.75) is 6.54 Å². The van der Waals surface area contributed by atoms with Gasteiger partial charge in [-0.15, -0.1) is 12.4 Å². The third kappa shape index (κ3) is 2.98. The summed E-state index contributed by atoms with van der Waals surface area (Å²) < 4.78 is 1.58. The number of hydrogen-bond donors (Lipinski definition) is 1. The molecule has 0 saturated carbocycles. The molecular formula is C17H15Cl3N2O. The largest absolute Gasteiger partial charge is 0.325 e. The van der Waals surface area contributed by atoms with Gasteiger partial charge in [-0.05, 0) is 23.1 Å². The predicted molar refractivity (Wildman–Crippen MR) is 99.8 cm³/mol.